The molecule has 0 spiro atoms. The van der Waals surface area contributed by atoms with Crippen LogP contribution in [0.4, 0.5) is 4.79 Å². The van der Waals surface area contributed by atoms with Crippen LogP contribution >= 0.6 is 0 Å². The van der Waals surface area contributed by atoms with Crippen LogP contribution in [-0.2, 0) is 23.7 Å². The van der Waals surface area contributed by atoms with Gasteiger partial charge in [-0.3, -0.25) is 0 Å². The second-order valence-corrected chi connectivity index (χ2v) is 11.9. The van der Waals surface area contributed by atoms with Gasteiger partial charge in [0.1, 0.15) is 37.1 Å². The summed E-state index contributed by atoms with van der Waals surface area (Å²) >= 11 is 0. The van der Waals surface area contributed by atoms with E-state index >= 15 is 0 Å². The van der Waals surface area contributed by atoms with Crippen molar-refractivity contribution in [3.63, 3.8) is 0 Å². The largest absolute Gasteiger partial charge is 0.447 e. The molecule has 0 aliphatic carbocycles. The fourth-order valence-electron chi connectivity index (χ4n) is 5.23. The number of hydrogen-bond acceptors (Lipinski definition) is 10. The molecule has 1 heterocycles. The Morgan fingerprint density at radius 2 is 1.30 bits per heavy atom. The number of nitrogens with one attached hydrogen (secondary N) is 1. The van der Waals surface area contributed by atoms with Crippen molar-refractivity contribution in [1.29, 1.82) is 0 Å². The van der Waals surface area contributed by atoms with Crippen molar-refractivity contribution < 1.29 is 48.9 Å². The predicted molar refractivity (Wildman–Crippen MR) is 169 cm³/mol. The van der Waals surface area contributed by atoms with Crippen molar-refractivity contribution in [3.8, 4) is 0 Å². The third-order valence-corrected chi connectivity index (χ3v) is 7.97. The highest BCUT2D eigenvalue weighted by atomic mass is 16.7. The van der Waals surface area contributed by atoms with Gasteiger partial charge in [0.15, 0.2) is 6.29 Å². The molecule has 0 radical (unpaired) electrons. The summed E-state index contributed by atoms with van der Waals surface area (Å²) in [6.07, 6.45) is 14.2. The van der Waals surface area contributed by atoms with Gasteiger partial charge in [-0.05, 0) is 19.8 Å². The first-order chi connectivity index (χ1) is 21.4. The van der Waals surface area contributed by atoms with Gasteiger partial charge in [-0.25, -0.2) is 4.79 Å². The molecule has 1 saturated heterocycles. The van der Waals surface area contributed by atoms with E-state index in [-0.39, 0.29) is 25.9 Å². The van der Waals surface area contributed by atoms with Crippen LogP contribution in [0.25, 0.3) is 0 Å². The summed E-state index contributed by atoms with van der Waals surface area (Å²) < 4.78 is 27.4. The lowest BCUT2D eigenvalue weighted by molar-refractivity contribution is -0.301. The number of ether oxygens (including phenoxy) is 5. The number of carbonyl (C=O) groups is 1. The number of carbonyl (C=O) groups excluding carboxylic acids is 1. The zero-order valence-corrected chi connectivity index (χ0v) is 27.7. The van der Waals surface area contributed by atoms with Crippen LogP contribution in [0.2, 0.25) is 0 Å². The molecule has 44 heavy (non-hydrogen) atoms. The number of unbranched alkanes of at least 4 members (excludes halogenated alkanes) is 15. The maximum absolute atomic E-state index is 12.0. The minimum Gasteiger partial charge on any atom is -0.447 e. The number of amides is 1. The second-order valence-electron chi connectivity index (χ2n) is 11.9. The highest BCUT2D eigenvalue weighted by molar-refractivity contribution is 5.67. The Bertz CT molecular complexity index is 656. The van der Waals surface area contributed by atoms with Crippen LogP contribution in [0, 0.1) is 0 Å². The van der Waals surface area contributed by atoms with E-state index in [0.29, 0.717) is 26.2 Å². The molecule has 11 nitrogen and oxygen atoms in total. The van der Waals surface area contributed by atoms with Crippen LogP contribution in [-0.4, -0.2) is 110 Å². The Morgan fingerprint density at radius 1 is 0.727 bits per heavy atom. The van der Waals surface area contributed by atoms with E-state index in [1.807, 2.05) is 6.92 Å². The van der Waals surface area contributed by atoms with Gasteiger partial charge in [0, 0.05) is 19.8 Å². The lowest BCUT2D eigenvalue weighted by Crippen LogP contribution is -2.59. The zero-order chi connectivity index (χ0) is 32.3. The van der Waals surface area contributed by atoms with Gasteiger partial charge in [-0.1, -0.05) is 103 Å². The molecule has 0 bridgehead atoms. The number of aliphatic hydroxyl groups excluding tert-OH is 4. The van der Waals surface area contributed by atoms with Gasteiger partial charge >= 0.3 is 6.09 Å². The van der Waals surface area contributed by atoms with Gasteiger partial charge in [0.2, 0.25) is 0 Å². The Kier molecular flexibility index (Phi) is 26.3. The first kappa shape index (κ1) is 41.0. The summed E-state index contributed by atoms with van der Waals surface area (Å²) in [6.45, 7) is 5.61. The third-order valence-electron chi connectivity index (χ3n) is 7.97. The van der Waals surface area contributed by atoms with E-state index in [1.165, 1.54) is 89.9 Å². The predicted octanol–water partition coefficient (Wildman–Crippen LogP) is 4.60. The second kappa shape index (κ2) is 28.2. The van der Waals surface area contributed by atoms with Gasteiger partial charge < -0.3 is 49.4 Å². The number of rotatable bonds is 29. The molecule has 1 aliphatic heterocycles. The minimum atomic E-state index is -1.49. The van der Waals surface area contributed by atoms with Crippen molar-refractivity contribution in [1.82, 2.24) is 5.32 Å². The van der Waals surface area contributed by atoms with Crippen molar-refractivity contribution in [3.05, 3.63) is 0 Å². The maximum Gasteiger partial charge on any atom is 0.407 e. The quantitative estimate of drug-likeness (QED) is 0.0736. The van der Waals surface area contributed by atoms with Crippen molar-refractivity contribution in [2.75, 3.05) is 46.2 Å². The highest BCUT2D eigenvalue weighted by Crippen LogP contribution is 2.22. The SMILES string of the molecule is CCCCCCCCCCCCCCCCCCOCC(COC(=O)NCCCO[C@@H]1O[C@H](CO)[C@H](O)[C@H](O)[C@H]1O)OCC. The normalized spacial score (nSPS) is 22.6. The lowest BCUT2D eigenvalue weighted by Gasteiger charge is -2.39. The highest BCUT2D eigenvalue weighted by Gasteiger charge is 2.43. The van der Waals surface area contributed by atoms with E-state index in [2.05, 4.69) is 12.2 Å². The number of aliphatic hydroxyl groups is 4. The van der Waals surface area contributed by atoms with E-state index in [1.54, 1.807) is 0 Å². The topological polar surface area (TPSA) is 156 Å². The zero-order valence-electron chi connectivity index (χ0n) is 27.7. The van der Waals surface area contributed by atoms with Gasteiger partial charge in [-0.15, -0.1) is 0 Å². The molecule has 1 fully saturated rings. The molecular formula is C33H65NO10. The Hall–Kier alpha value is -1.05. The van der Waals surface area contributed by atoms with Crippen LogP contribution in [0.3, 0.4) is 0 Å². The average Bonchev–Trinajstić information content (AvgIpc) is 3.02. The number of alkyl carbamates (subject to hydrolysis) is 1. The molecule has 1 amide bonds. The smallest absolute Gasteiger partial charge is 0.407 e. The molecule has 1 rings (SSSR count). The summed E-state index contributed by atoms with van der Waals surface area (Å²) in [6, 6.07) is 0. The van der Waals surface area contributed by atoms with Crippen LogP contribution in [0.1, 0.15) is 123 Å². The lowest BCUT2D eigenvalue weighted by atomic mass is 9.99. The van der Waals surface area contributed by atoms with Crippen LogP contribution in [0.5, 0.6) is 0 Å². The molecule has 0 aromatic carbocycles. The molecule has 1 aliphatic rings. The molecule has 0 aromatic heterocycles. The van der Waals surface area contributed by atoms with E-state index in [0.717, 1.165) is 12.8 Å². The van der Waals surface area contributed by atoms with Crippen molar-refractivity contribution in [2.45, 2.75) is 160 Å². The van der Waals surface area contributed by atoms with Crippen molar-refractivity contribution >= 4 is 6.09 Å². The monoisotopic (exact) mass is 635 g/mol. The van der Waals surface area contributed by atoms with Crippen LogP contribution < -0.4 is 5.32 Å². The minimum absolute atomic E-state index is 0.0833. The van der Waals surface area contributed by atoms with Gasteiger partial charge in [0.25, 0.3) is 0 Å². The summed E-state index contributed by atoms with van der Waals surface area (Å²) in [5.41, 5.74) is 0. The third kappa shape index (κ3) is 20.2. The molecule has 1 unspecified atom stereocenters. The summed E-state index contributed by atoms with van der Waals surface area (Å²) in [7, 11) is 0. The summed E-state index contributed by atoms with van der Waals surface area (Å²) in [4.78, 5) is 12.0. The van der Waals surface area contributed by atoms with Crippen LogP contribution in [0.15, 0.2) is 0 Å². The van der Waals surface area contributed by atoms with E-state index in [9.17, 15) is 25.2 Å². The molecule has 0 aromatic rings. The molecule has 0 saturated carbocycles. The molecule has 5 N–H and O–H groups in total. The summed E-state index contributed by atoms with van der Waals surface area (Å²) in [5.74, 6) is 0. The maximum atomic E-state index is 12.0. The van der Waals surface area contributed by atoms with Crippen molar-refractivity contribution in [2.24, 2.45) is 0 Å². The first-order valence-electron chi connectivity index (χ1n) is 17.5. The number of hydrogen-bond donors (Lipinski definition) is 5. The summed E-state index contributed by atoms with van der Waals surface area (Å²) in [5, 5.41) is 41.4. The fraction of sp³-hybridized carbons (Fsp3) is 0.970. The molecule has 262 valence electrons. The standard InChI is InChI=1S/C33H65NO10/c1-3-5-6-7-8-9-10-11-12-13-14-15-16-17-18-19-22-40-25-27(41-4-2)26-43-33(39)34-21-20-23-42-32-31(38)30(37)29(36)28(24-35)44-32/h27-32,35-38H,3-26H2,1-2H3,(H,34,39)/t27?,28-,29+,30+,31-,32-/m1/s1. The Labute approximate surface area is 266 Å². The van der Waals surface area contributed by atoms with Gasteiger partial charge in [0.05, 0.1) is 19.8 Å². The Morgan fingerprint density at radius 3 is 1.84 bits per heavy atom. The molecule has 11 heteroatoms. The molecule has 6 atom stereocenters. The first-order valence-corrected chi connectivity index (χ1v) is 17.5. The van der Waals surface area contributed by atoms with E-state index < -0.39 is 43.4 Å². The van der Waals surface area contributed by atoms with Gasteiger partial charge in [-0.2, -0.15) is 0 Å². The Balaban J connectivity index is 1.96. The average molecular weight is 636 g/mol. The molecular weight excluding hydrogens is 570 g/mol. The fourth-order valence-corrected chi connectivity index (χ4v) is 5.23. The van der Waals surface area contributed by atoms with E-state index in [4.69, 9.17) is 23.7 Å².